The van der Waals surface area contributed by atoms with Gasteiger partial charge in [-0.1, -0.05) is 18.2 Å². The Morgan fingerprint density at radius 1 is 1.48 bits per heavy atom. The van der Waals surface area contributed by atoms with E-state index in [2.05, 4.69) is 18.2 Å². The van der Waals surface area contributed by atoms with Gasteiger partial charge in [0.2, 0.25) is 0 Å². The minimum absolute atomic E-state index is 0.250. The Balaban J connectivity index is 2.00. The Hall–Kier alpha value is -1.43. The van der Waals surface area contributed by atoms with Crippen LogP contribution >= 0.6 is 0 Å². The number of hydrogen-bond donors (Lipinski definition) is 3. The van der Waals surface area contributed by atoms with Gasteiger partial charge in [-0.2, -0.15) is 0 Å². The molecule has 0 unspecified atom stereocenters. The van der Waals surface area contributed by atoms with Crippen LogP contribution in [0.1, 0.15) is 29.5 Å². The Labute approximate surface area is 124 Å². The second-order valence-corrected chi connectivity index (χ2v) is 5.68. The average Bonchev–Trinajstić information content (AvgIpc) is 2.47. The molecule has 1 aliphatic rings. The van der Waals surface area contributed by atoms with E-state index in [1.54, 1.807) is 0 Å². The molecule has 0 aromatic heterocycles. The number of carboxylic acids is 1. The predicted molar refractivity (Wildman–Crippen MR) is 79.2 cm³/mol. The van der Waals surface area contributed by atoms with Crippen LogP contribution in [0.3, 0.4) is 0 Å². The van der Waals surface area contributed by atoms with Crippen molar-refractivity contribution < 1.29 is 19.7 Å². The molecule has 0 amide bonds. The molecule has 4 N–H and O–H groups in total. The van der Waals surface area contributed by atoms with E-state index in [4.69, 9.17) is 15.6 Å². The Morgan fingerprint density at radius 2 is 2.24 bits per heavy atom. The van der Waals surface area contributed by atoms with E-state index in [1.807, 2.05) is 0 Å². The summed E-state index contributed by atoms with van der Waals surface area (Å²) in [5, 5.41) is 18.7. The number of aliphatic hydroxyl groups is 1. The molecule has 0 saturated carbocycles. The number of aryl methyl sites for hydroxylation is 2. The van der Waals surface area contributed by atoms with E-state index in [0.29, 0.717) is 19.3 Å². The molecule has 0 heterocycles. The second-order valence-electron chi connectivity index (χ2n) is 5.68. The number of aliphatic hydroxyl groups excluding tert-OH is 1. The fraction of sp³-hybridized carbons (Fsp3) is 0.562. The SMILES string of the molecule is CO[C@@H](CCc1ccc2c(c1)C[C@H](O)CC2)[C@H](N)C(=O)O. The summed E-state index contributed by atoms with van der Waals surface area (Å²) in [5.41, 5.74) is 9.23. The zero-order chi connectivity index (χ0) is 15.4. The molecule has 0 aliphatic heterocycles. The van der Waals surface area contributed by atoms with Crippen LogP contribution < -0.4 is 5.73 Å². The molecule has 1 aliphatic carbocycles. The van der Waals surface area contributed by atoms with E-state index >= 15 is 0 Å². The summed E-state index contributed by atoms with van der Waals surface area (Å²) in [6.07, 6.45) is 2.97. The van der Waals surface area contributed by atoms with Gasteiger partial charge in [0, 0.05) is 7.11 Å². The number of hydrogen-bond acceptors (Lipinski definition) is 4. The lowest BCUT2D eigenvalue weighted by Gasteiger charge is -2.22. The number of aliphatic carboxylic acids is 1. The molecule has 5 nitrogen and oxygen atoms in total. The van der Waals surface area contributed by atoms with E-state index < -0.39 is 18.1 Å². The van der Waals surface area contributed by atoms with Crippen LogP contribution in [0.2, 0.25) is 0 Å². The highest BCUT2D eigenvalue weighted by Crippen LogP contribution is 2.23. The quantitative estimate of drug-likeness (QED) is 0.724. The van der Waals surface area contributed by atoms with Crippen molar-refractivity contribution in [2.24, 2.45) is 5.73 Å². The highest BCUT2D eigenvalue weighted by atomic mass is 16.5. The smallest absolute Gasteiger partial charge is 0.323 e. The molecule has 5 heteroatoms. The van der Waals surface area contributed by atoms with Gasteiger partial charge in [-0.3, -0.25) is 4.79 Å². The molecule has 21 heavy (non-hydrogen) atoms. The second kappa shape index (κ2) is 7.02. The van der Waals surface area contributed by atoms with Crippen LogP contribution in [0.25, 0.3) is 0 Å². The van der Waals surface area contributed by atoms with Crippen LogP contribution in [0.5, 0.6) is 0 Å². The fourth-order valence-corrected chi connectivity index (χ4v) is 2.86. The van der Waals surface area contributed by atoms with Gasteiger partial charge >= 0.3 is 5.97 Å². The van der Waals surface area contributed by atoms with Crippen molar-refractivity contribution in [2.75, 3.05) is 7.11 Å². The third kappa shape index (κ3) is 4.03. The van der Waals surface area contributed by atoms with Crippen LogP contribution in [-0.4, -0.2) is 41.5 Å². The van der Waals surface area contributed by atoms with Crippen molar-refractivity contribution in [3.63, 3.8) is 0 Å². The first kappa shape index (κ1) is 15.9. The summed E-state index contributed by atoms with van der Waals surface area (Å²) in [7, 11) is 1.48. The van der Waals surface area contributed by atoms with Gasteiger partial charge in [0.15, 0.2) is 0 Å². The maximum atomic E-state index is 10.9. The zero-order valence-electron chi connectivity index (χ0n) is 12.3. The van der Waals surface area contributed by atoms with Crippen molar-refractivity contribution in [1.82, 2.24) is 0 Å². The number of rotatable bonds is 6. The average molecular weight is 293 g/mol. The summed E-state index contributed by atoms with van der Waals surface area (Å²) in [6, 6.07) is 5.27. The summed E-state index contributed by atoms with van der Waals surface area (Å²) in [5.74, 6) is -1.05. The van der Waals surface area contributed by atoms with E-state index in [0.717, 1.165) is 18.4 Å². The normalized spacial score (nSPS) is 20.6. The zero-order valence-corrected chi connectivity index (χ0v) is 12.3. The third-order valence-corrected chi connectivity index (χ3v) is 4.18. The molecule has 0 radical (unpaired) electrons. The first-order valence-electron chi connectivity index (χ1n) is 7.31. The minimum Gasteiger partial charge on any atom is -0.480 e. The van der Waals surface area contributed by atoms with E-state index in [9.17, 15) is 9.90 Å². The summed E-state index contributed by atoms with van der Waals surface area (Å²) < 4.78 is 5.18. The lowest BCUT2D eigenvalue weighted by atomic mass is 9.88. The molecule has 1 aromatic carbocycles. The number of fused-ring (bicyclic) bond motifs is 1. The highest BCUT2D eigenvalue weighted by Gasteiger charge is 2.24. The molecule has 0 fully saturated rings. The topological polar surface area (TPSA) is 92.8 Å². The van der Waals surface area contributed by atoms with Crippen molar-refractivity contribution in [3.8, 4) is 0 Å². The standard InChI is InChI=1S/C16H23NO4/c1-21-14(15(17)16(19)20)7-3-10-2-4-11-5-6-13(18)9-12(11)8-10/h2,4,8,13-15,18H,3,5-7,9,17H2,1H3,(H,19,20)/t13-,14+,15+/m1/s1. The van der Waals surface area contributed by atoms with Gasteiger partial charge in [-0.05, 0) is 48.8 Å². The van der Waals surface area contributed by atoms with Gasteiger partial charge in [-0.25, -0.2) is 0 Å². The number of carboxylic acid groups (broad SMARTS) is 1. The molecular weight excluding hydrogens is 270 g/mol. The molecule has 2 rings (SSSR count). The molecule has 0 saturated heterocycles. The summed E-state index contributed by atoms with van der Waals surface area (Å²) in [4.78, 5) is 10.9. The Kier molecular flexibility index (Phi) is 5.33. The molecular formula is C16H23NO4. The number of benzene rings is 1. The highest BCUT2D eigenvalue weighted by molar-refractivity contribution is 5.73. The van der Waals surface area contributed by atoms with Gasteiger partial charge in [-0.15, -0.1) is 0 Å². The monoisotopic (exact) mass is 293 g/mol. The lowest BCUT2D eigenvalue weighted by molar-refractivity contribution is -0.142. The van der Waals surface area contributed by atoms with Crippen LogP contribution in [0, 0.1) is 0 Å². The van der Waals surface area contributed by atoms with E-state index in [1.165, 1.54) is 18.2 Å². The first-order chi connectivity index (χ1) is 10.0. The van der Waals surface area contributed by atoms with Gasteiger partial charge < -0.3 is 20.7 Å². The molecule has 116 valence electrons. The van der Waals surface area contributed by atoms with Crippen molar-refractivity contribution >= 4 is 5.97 Å². The minimum atomic E-state index is -1.05. The number of nitrogens with two attached hydrogens (primary N) is 1. The number of methoxy groups -OCH3 is 1. The van der Waals surface area contributed by atoms with Crippen molar-refractivity contribution in [1.29, 1.82) is 0 Å². The summed E-state index contributed by atoms with van der Waals surface area (Å²) in [6.45, 7) is 0. The maximum Gasteiger partial charge on any atom is 0.323 e. The predicted octanol–water partition coefficient (Wildman–Crippen LogP) is 0.896. The van der Waals surface area contributed by atoms with Crippen LogP contribution in [0.4, 0.5) is 0 Å². The van der Waals surface area contributed by atoms with Crippen molar-refractivity contribution in [2.45, 2.75) is 50.4 Å². The lowest BCUT2D eigenvalue weighted by Crippen LogP contribution is -2.43. The van der Waals surface area contributed by atoms with E-state index in [-0.39, 0.29) is 6.10 Å². The number of carbonyl (C=O) groups is 1. The largest absolute Gasteiger partial charge is 0.480 e. The Morgan fingerprint density at radius 3 is 2.90 bits per heavy atom. The third-order valence-electron chi connectivity index (χ3n) is 4.18. The Bertz CT molecular complexity index is 503. The van der Waals surface area contributed by atoms with Gasteiger partial charge in [0.25, 0.3) is 0 Å². The van der Waals surface area contributed by atoms with Crippen LogP contribution in [0.15, 0.2) is 18.2 Å². The molecule has 3 atom stereocenters. The molecule has 0 bridgehead atoms. The fourth-order valence-electron chi connectivity index (χ4n) is 2.86. The van der Waals surface area contributed by atoms with Crippen LogP contribution in [-0.2, 0) is 28.8 Å². The maximum absolute atomic E-state index is 10.9. The molecule has 0 spiro atoms. The van der Waals surface area contributed by atoms with Gasteiger partial charge in [0.05, 0.1) is 12.2 Å². The van der Waals surface area contributed by atoms with Gasteiger partial charge in [0.1, 0.15) is 6.04 Å². The number of ether oxygens (including phenoxy) is 1. The summed E-state index contributed by atoms with van der Waals surface area (Å²) >= 11 is 0. The first-order valence-corrected chi connectivity index (χ1v) is 7.31. The molecule has 1 aromatic rings. The van der Waals surface area contributed by atoms with Crippen molar-refractivity contribution in [3.05, 3.63) is 34.9 Å².